The number of hydrogen-bond acceptors (Lipinski definition) is 2. The second-order valence-corrected chi connectivity index (χ2v) is 10.1. The predicted molar refractivity (Wildman–Crippen MR) is 140 cm³/mol. The lowest BCUT2D eigenvalue weighted by molar-refractivity contribution is 0.137. The zero-order valence-corrected chi connectivity index (χ0v) is 21.9. The monoisotopic (exact) mass is 434 g/mol. The molecule has 0 N–H and O–H groups in total. The SMILES string of the molecule is CCCCCCCCCCCCCCCCCN1C=CN(CCC)C1CCCCCC. The average Bonchev–Trinajstić information content (AvgIpc) is 3.15. The van der Waals surface area contributed by atoms with Gasteiger partial charge in [0.2, 0.25) is 0 Å². The van der Waals surface area contributed by atoms with Gasteiger partial charge in [-0.3, -0.25) is 0 Å². The Hall–Kier alpha value is -0.660. The van der Waals surface area contributed by atoms with Crippen LogP contribution < -0.4 is 0 Å². The van der Waals surface area contributed by atoms with Crippen LogP contribution in [0.5, 0.6) is 0 Å². The molecule has 0 aromatic rings. The number of rotatable bonds is 23. The fraction of sp³-hybridized carbons (Fsp3) is 0.931. The van der Waals surface area contributed by atoms with Gasteiger partial charge in [-0.25, -0.2) is 0 Å². The van der Waals surface area contributed by atoms with E-state index in [1.54, 1.807) is 0 Å². The summed E-state index contributed by atoms with van der Waals surface area (Å²) in [7, 11) is 0. The molecule has 184 valence electrons. The van der Waals surface area contributed by atoms with Crippen LogP contribution in [0, 0.1) is 0 Å². The van der Waals surface area contributed by atoms with Gasteiger partial charge in [0.15, 0.2) is 0 Å². The van der Waals surface area contributed by atoms with Gasteiger partial charge < -0.3 is 9.80 Å². The maximum absolute atomic E-state index is 2.64. The Labute approximate surface area is 197 Å². The van der Waals surface area contributed by atoms with E-state index in [0.29, 0.717) is 6.17 Å². The first-order chi connectivity index (χ1) is 15.3. The minimum atomic E-state index is 0.642. The van der Waals surface area contributed by atoms with Crippen LogP contribution in [0.1, 0.15) is 156 Å². The van der Waals surface area contributed by atoms with E-state index in [-0.39, 0.29) is 0 Å². The molecule has 0 bridgehead atoms. The van der Waals surface area contributed by atoms with Crippen LogP contribution in [0.25, 0.3) is 0 Å². The molecule has 0 amide bonds. The van der Waals surface area contributed by atoms with Gasteiger partial charge in [-0.1, -0.05) is 130 Å². The highest BCUT2D eigenvalue weighted by atomic mass is 15.4. The molecule has 0 aromatic heterocycles. The molecule has 1 aliphatic rings. The molecule has 31 heavy (non-hydrogen) atoms. The van der Waals surface area contributed by atoms with Crippen LogP contribution in [-0.4, -0.2) is 29.1 Å². The summed E-state index contributed by atoms with van der Waals surface area (Å²) in [6.07, 6.45) is 35.2. The molecule has 0 saturated carbocycles. The first-order valence-electron chi connectivity index (χ1n) is 14.5. The maximum Gasteiger partial charge on any atom is 0.101 e. The van der Waals surface area contributed by atoms with Crippen molar-refractivity contribution in [2.75, 3.05) is 13.1 Å². The Balaban J connectivity index is 1.96. The predicted octanol–water partition coefficient (Wildman–Crippen LogP) is 9.65. The third kappa shape index (κ3) is 14.9. The highest BCUT2D eigenvalue weighted by molar-refractivity contribution is 4.96. The molecule has 1 heterocycles. The van der Waals surface area contributed by atoms with Crippen LogP contribution >= 0.6 is 0 Å². The molecule has 2 heteroatoms. The molecule has 0 radical (unpaired) electrons. The van der Waals surface area contributed by atoms with Crippen molar-refractivity contribution in [2.24, 2.45) is 0 Å². The van der Waals surface area contributed by atoms with Crippen molar-refractivity contribution >= 4 is 0 Å². The lowest BCUT2D eigenvalue weighted by atomic mass is 10.0. The third-order valence-electron chi connectivity index (χ3n) is 7.03. The van der Waals surface area contributed by atoms with Crippen LogP contribution in [0.3, 0.4) is 0 Å². The van der Waals surface area contributed by atoms with E-state index in [2.05, 4.69) is 43.0 Å². The van der Waals surface area contributed by atoms with Gasteiger partial charge in [0, 0.05) is 25.5 Å². The summed E-state index contributed by atoms with van der Waals surface area (Å²) in [4.78, 5) is 5.24. The molecular formula is C29H58N2. The van der Waals surface area contributed by atoms with Crippen molar-refractivity contribution in [1.82, 2.24) is 9.80 Å². The Morgan fingerprint density at radius 1 is 0.419 bits per heavy atom. The summed E-state index contributed by atoms with van der Waals surface area (Å²) in [6.45, 7) is 9.39. The van der Waals surface area contributed by atoms with Gasteiger partial charge in [0.1, 0.15) is 6.17 Å². The van der Waals surface area contributed by atoms with E-state index in [9.17, 15) is 0 Å². The van der Waals surface area contributed by atoms with Crippen molar-refractivity contribution in [3.8, 4) is 0 Å². The fourth-order valence-electron chi connectivity index (χ4n) is 5.02. The molecule has 1 aliphatic heterocycles. The van der Waals surface area contributed by atoms with Crippen molar-refractivity contribution in [3.05, 3.63) is 12.4 Å². The summed E-state index contributed by atoms with van der Waals surface area (Å²) in [6, 6.07) is 0. The summed E-state index contributed by atoms with van der Waals surface area (Å²) >= 11 is 0. The van der Waals surface area contributed by atoms with Gasteiger partial charge in [-0.05, 0) is 25.7 Å². The van der Waals surface area contributed by atoms with E-state index < -0.39 is 0 Å². The Kier molecular flexibility index (Phi) is 19.4. The quantitative estimate of drug-likeness (QED) is 0.148. The molecule has 0 aromatic carbocycles. The lowest BCUT2D eigenvalue weighted by Crippen LogP contribution is -2.39. The number of unbranched alkanes of at least 4 members (excludes halogenated alkanes) is 17. The summed E-state index contributed by atoms with van der Waals surface area (Å²) in [5.74, 6) is 0. The minimum absolute atomic E-state index is 0.642. The summed E-state index contributed by atoms with van der Waals surface area (Å²) in [5, 5.41) is 0. The van der Waals surface area contributed by atoms with E-state index in [4.69, 9.17) is 0 Å². The molecule has 1 atom stereocenters. The normalized spacial score (nSPS) is 16.0. The second-order valence-electron chi connectivity index (χ2n) is 10.1. The number of nitrogens with zero attached hydrogens (tertiary/aromatic N) is 2. The van der Waals surface area contributed by atoms with E-state index in [0.717, 1.165) is 0 Å². The number of hydrogen-bond donors (Lipinski definition) is 0. The van der Waals surface area contributed by atoms with Crippen molar-refractivity contribution < 1.29 is 0 Å². The van der Waals surface area contributed by atoms with E-state index in [1.807, 2.05) is 0 Å². The standard InChI is InChI=1S/C29H58N2/c1-4-7-9-11-12-13-14-15-16-17-18-19-20-21-23-26-31-28-27-30(25-6-3)29(31)24-22-10-8-5-2/h27-29H,4-26H2,1-3H3. The van der Waals surface area contributed by atoms with Crippen LogP contribution in [0.2, 0.25) is 0 Å². The Morgan fingerprint density at radius 3 is 1.26 bits per heavy atom. The van der Waals surface area contributed by atoms with Gasteiger partial charge in [-0.15, -0.1) is 0 Å². The van der Waals surface area contributed by atoms with Crippen molar-refractivity contribution in [2.45, 2.75) is 162 Å². The van der Waals surface area contributed by atoms with Gasteiger partial charge in [-0.2, -0.15) is 0 Å². The second kappa shape index (κ2) is 21.2. The maximum atomic E-state index is 2.64. The van der Waals surface area contributed by atoms with Gasteiger partial charge in [0.25, 0.3) is 0 Å². The molecular weight excluding hydrogens is 376 g/mol. The highest BCUT2D eigenvalue weighted by Gasteiger charge is 2.24. The average molecular weight is 435 g/mol. The minimum Gasteiger partial charge on any atom is -0.356 e. The van der Waals surface area contributed by atoms with Crippen LogP contribution in [-0.2, 0) is 0 Å². The first-order valence-corrected chi connectivity index (χ1v) is 14.5. The topological polar surface area (TPSA) is 6.48 Å². The molecule has 0 spiro atoms. The molecule has 0 aliphatic carbocycles. The largest absolute Gasteiger partial charge is 0.356 e. The summed E-state index contributed by atoms with van der Waals surface area (Å²) in [5.41, 5.74) is 0. The fourth-order valence-corrected chi connectivity index (χ4v) is 5.02. The zero-order chi connectivity index (χ0) is 22.4. The van der Waals surface area contributed by atoms with Gasteiger partial charge >= 0.3 is 0 Å². The molecule has 0 fully saturated rings. The molecule has 1 rings (SSSR count). The smallest absolute Gasteiger partial charge is 0.101 e. The Bertz CT molecular complexity index is 392. The van der Waals surface area contributed by atoms with Crippen molar-refractivity contribution in [1.29, 1.82) is 0 Å². The van der Waals surface area contributed by atoms with Crippen molar-refractivity contribution in [3.63, 3.8) is 0 Å². The van der Waals surface area contributed by atoms with Crippen LogP contribution in [0.4, 0.5) is 0 Å². The van der Waals surface area contributed by atoms with Crippen LogP contribution in [0.15, 0.2) is 12.4 Å². The highest BCUT2D eigenvalue weighted by Crippen LogP contribution is 2.23. The third-order valence-corrected chi connectivity index (χ3v) is 7.03. The molecule has 0 saturated heterocycles. The Morgan fingerprint density at radius 2 is 0.806 bits per heavy atom. The van der Waals surface area contributed by atoms with Gasteiger partial charge in [0.05, 0.1) is 0 Å². The summed E-state index contributed by atoms with van der Waals surface area (Å²) < 4.78 is 0. The zero-order valence-electron chi connectivity index (χ0n) is 21.9. The molecule has 2 nitrogen and oxygen atoms in total. The van der Waals surface area contributed by atoms with E-state index in [1.165, 1.54) is 148 Å². The molecule has 1 unspecified atom stereocenters. The first kappa shape index (κ1) is 28.4. The lowest BCUT2D eigenvalue weighted by Gasteiger charge is -2.33. The van der Waals surface area contributed by atoms with E-state index >= 15 is 0 Å².